The highest BCUT2D eigenvalue weighted by molar-refractivity contribution is 6.01. The highest BCUT2D eigenvalue weighted by Crippen LogP contribution is 2.32. The van der Waals surface area contributed by atoms with Crippen molar-refractivity contribution in [2.45, 2.75) is 65.2 Å². The topological polar surface area (TPSA) is 73.5 Å². The van der Waals surface area contributed by atoms with Gasteiger partial charge < -0.3 is 15.5 Å². The molecule has 28 heavy (non-hydrogen) atoms. The molecule has 3 N–H and O–H groups in total. The minimum atomic E-state index is -0.461. The molecule has 6 nitrogen and oxygen atoms in total. The Balaban J connectivity index is 0.000000485. The van der Waals surface area contributed by atoms with Gasteiger partial charge in [0.05, 0.1) is 0 Å². The molecule has 0 atom stereocenters. The molecule has 2 aliphatic heterocycles. The van der Waals surface area contributed by atoms with Gasteiger partial charge in [0.25, 0.3) is 0 Å². The van der Waals surface area contributed by atoms with Crippen molar-refractivity contribution >= 4 is 17.7 Å². The third-order valence-corrected chi connectivity index (χ3v) is 5.18. The molecule has 0 radical (unpaired) electrons. The highest BCUT2D eigenvalue weighted by Gasteiger charge is 2.21. The Morgan fingerprint density at radius 1 is 0.929 bits per heavy atom. The Morgan fingerprint density at radius 2 is 1.46 bits per heavy atom. The van der Waals surface area contributed by atoms with Crippen molar-refractivity contribution in [3.8, 4) is 0 Å². The number of nitrogens with zero attached hydrogens (tertiary/aromatic N) is 1. The average molecular weight is 389 g/mol. The van der Waals surface area contributed by atoms with E-state index >= 15 is 0 Å². The van der Waals surface area contributed by atoms with Gasteiger partial charge in [0.2, 0.25) is 0 Å². The number of nitrogens with one attached hydrogen (secondary N) is 3. The quantitative estimate of drug-likeness (QED) is 0.706. The van der Waals surface area contributed by atoms with Crippen molar-refractivity contribution in [1.29, 1.82) is 0 Å². The molecule has 0 spiro atoms. The van der Waals surface area contributed by atoms with Crippen LogP contribution in [0, 0.1) is 0 Å². The second kappa shape index (κ2) is 11.1. The van der Waals surface area contributed by atoms with Crippen LogP contribution >= 0.6 is 0 Å². The van der Waals surface area contributed by atoms with Crippen LogP contribution in [-0.4, -0.2) is 43.1 Å². The largest absolute Gasteiger partial charge is 0.327 e. The minimum absolute atomic E-state index is 0.290. The van der Waals surface area contributed by atoms with E-state index in [9.17, 15) is 9.59 Å². The van der Waals surface area contributed by atoms with Gasteiger partial charge in [-0.25, -0.2) is 9.59 Å². The van der Waals surface area contributed by atoms with Crippen molar-refractivity contribution in [2.75, 3.05) is 31.5 Å². The molecule has 1 aromatic rings. The molecule has 2 saturated heterocycles. The number of amides is 4. The van der Waals surface area contributed by atoms with Crippen LogP contribution in [0.5, 0.6) is 0 Å². The maximum absolute atomic E-state index is 12.3. The lowest BCUT2D eigenvalue weighted by atomic mass is 9.93. The minimum Gasteiger partial charge on any atom is -0.324 e. The van der Waals surface area contributed by atoms with E-state index in [1.54, 1.807) is 4.90 Å². The number of hydrogen-bond donors (Lipinski definition) is 3. The summed E-state index contributed by atoms with van der Waals surface area (Å²) in [5, 5.41) is 8.56. The monoisotopic (exact) mass is 388 g/mol. The van der Waals surface area contributed by atoms with Crippen molar-refractivity contribution in [3.63, 3.8) is 0 Å². The van der Waals surface area contributed by atoms with Gasteiger partial charge in [-0.2, -0.15) is 0 Å². The van der Waals surface area contributed by atoms with Crippen LogP contribution in [0.2, 0.25) is 0 Å². The number of imide groups is 1. The van der Waals surface area contributed by atoms with Gasteiger partial charge in [-0.3, -0.25) is 5.32 Å². The molecule has 1 aromatic carbocycles. The fraction of sp³-hybridized carbons (Fsp3) is 0.636. The molecule has 3 rings (SSSR count). The number of benzene rings is 1. The van der Waals surface area contributed by atoms with Gasteiger partial charge in [-0.15, -0.1) is 0 Å². The summed E-state index contributed by atoms with van der Waals surface area (Å²) in [7, 11) is 0. The Labute approximate surface area is 169 Å². The van der Waals surface area contributed by atoms with Crippen molar-refractivity contribution in [1.82, 2.24) is 15.5 Å². The molecule has 2 fully saturated rings. The molecule has 0 unspecified atom stereocenters. The summed E-state index contributed by atoms with van der Waals surface area (Å²) < 4.78 is 0. The molecule has 0 aliphatic carbocycles. The molecule has 6 heteroatoms. The summed E-state index contributed by atoms with van der Waals surface area (Å²) in [6.07, 6.45) is 4.78. The number of hydrogen-bond acceptors (Lipinski definition) is 3. The standard InChI is InChI=1S/C18H27N3O2.C4H9N/c1-12(2)14-8-7-9-15(13(3)4)16(14)19-17(22)20-18(23)21-10-5-6-11-21;1-2-4-5-3-1/h7-9,12-13H,5-6,10-11H2,1-4H3,(H2,19,20,22,23);5H,1-4H2. The Bertz CT molecular complexity index is 614. The summed E-state index contributed by atoms with van der Waals surface area (Å²) in [6, 6.07) is 5.29. The SMILES string of the molecule is C1CCNC1.CC(C)c1cccc(C(C)C)c1NC(=O)NC(=O)N1CCCC1. The molecule has 2 heterocycles. The molecule has 0 aromatic heterocycles. The molecular formula is C22H36N4O2. The van der Waals surface area contributed by atoms with E-state index in [4.69, 9.17) is 0 Å². The number of para-hydroxylation sites is 1. The predicted molar refractivity (Wildman–Crippen MR) is 115 cm³/mol. The van der Waals surface area contributed by atoms with E-state index in [1.165, 1.54) is 25.9 Å². The summed E-state index contributed by atoms with van der Waals surface area (Å²) >= 11 is 0. The lowest BCUT2D eigenvalue weighted by molar-refractivity contribution is 0.207. The van der Waals surface area contributed by atoms with Gasteiger partial charge in [0.15, 0.2) is 0 Å². The van der Waals surface area contributed by atoms with Crippen LogP contribution < -0.4 is 16.0 Å². The Hall–Kier alpha value is -2.08. The zero-order valence-corrected chi connectivity index (χ0v) is 17.8. The smallest absolute Gasteiger partial charge is 0.324 e. The third-order valence-electron chi connectivity index (χ3n) is 5.18. The number of likely N-dealkylation sites (tertiary alicyclic amines) is 1. The first-order chi connectivity index (χ1) is 13.4. The lowest BCUT2D eigenvalue weighted by Crippen LogP contribution is -2.43. The third kappa shape index (κ3) is 6.51. The zero-order chi connectivity index (χ0) is 20.5. The zero-order valence-electron chi connectivity index (χ0n) is 17.8. The second-order valence-corrected chi connectivity index (χ2v) is 8.16. The number of carbonyl (C=O) groups excluding carboxylic acids is 2. The highest BCUT2D eigenvalue weighted by atomic mass is 16.2. The molecule has 156 valence electrons. The van der Waals surface area contributed by atoms with Crippen LogP contribution in [0.3, 0.4) is 0 Å². The lowest BCUT2D eigenvalue weighted by Gasteiger charge is -2.21. The van der Waals surface area contributed by atoms with Gasteiger partial charge in [0, 0.05) is 18.8 Å². The van der Waals surface area contributed by atoms with Gasteiger partial charge in [-0.1, -0.05) is 45.9 Å². The number of rotatable bonds is 3. The molecule has 0 saturated carbocycles. The van der Waals surface area contributed by atoms with E-state index in [1.807, 2.05) is 18.2 Å². The summed E-state index contributed by atoms with van der Waals surface area (Å²) in [5.41, 5.74) is 2.99. The van der Waals surface area contributed by atoms with E-state index in [2.05, 4.69) is 43.6 Å². The van der Waals surface area contributed by atoms with E-state index in [-0.39, 0.29) is 6.03 Å². The average Bonchev–Trinajstić information content (AvgIpc) is 3.37. The van der Waals surface area contributed by atoms with Crippen LogP contribution in [0.4, 0.5) is 15.3 Å². The second-order valence-electron chi connectivity index (χ2n) is 8.16. The predicted octanol–water partition coefficient (Wildman–Crippen LogP) is 4.64. The Kier molecular flexibility index (Phi) is 8.77. The summed E-state index contributed by atoms with van der Waals surface area (Å²) in [6.45, 7) is 12.3. The summed E-state index contributed by atoms with van der Waals surface area (Å²) in [5.74, 6) is 0.580. The molecule has 0 bridgehead atoms. The number of anilines is 1. The van der Waals surface area contributed by atoms with Gasteiger partial charge in [-0.05, 0) is 61.7 Å². The first-order valence-electron chi connectivity index (χ1n) is 10.6. The van der Waals surface area contributed by atoms with Crippen LogP contribution in [-0.2, 0) is 0 Å². The van der Waals surface area contributed by atoms with E-state index < -0.39 is 6.03 Å². The Morgan fingerprint density at radius 3 is 1.89 bits per heavy atom. The first kappa shape index (κ1) is 22.2. The van der Waals surface area contributed by atoms with Crippen LogP contribution in [0.1, 0.15) is 76.3 Å². The van der Waals surface area contributed by atoms with Crippen molar-refractivity contribution in [2.24, 2.45) is 0 Å². The first-order valence-corrected chi connectivity index (χ1v) is 10.6. The normalized spacial score (nSPS) is 16.1. The van der Waals surface area contributed by atoms with Gasteiger partial charge >= 0.3 is 12.1 Å². The van der Waals surface area contributed by atoms with Gasteiger partial charge in [0.1, 0.15) is 0 Å². The maximum atomic E-state index is 12.3. The van der Waals surface area contributed by atoms with Crippen LogP contribution in [0.25, 0.3) is 0 Å². The summed E-state index contributed by atoms with van der Waals surface area (Å²) in [4.78, 5) is 26.0. The maximum Gasteiger partial charge on any atom is 0.327 e. The number of carbonyl (C=O) groups is 2. The number of urea groups is 2. The van der Waals surface area contributed by atoms with Crippen molar-refractivity contribution in [3.05, 3.63) is 29.3 Å². The fourth-order valence-corrected chi connectivity index (χ4v) is 3.56. The fourth-order valence-electron chi connectivity index (χ4n) is 3.56. The molecular weight excluding hydrogens is 352 g/mol. The van der Waals surface area contributed by atoms with E-state index in [0.717, 1.165) is 42.7 Å². The molecule has 2 aliphatic rings. The molecule has 4 amide bonds. The van der Waals surface area contributed by atoms with Crippen LogP contribution in [0.15, 0.2) is 18.2 Å². The van der Waals surface area contributed by atoms with E-state index in [0.29, 0.717) is 11.8 Å². The van der Waals surface area contributed by atoms with Crippen molar-refractivity contribution < 1.29 is 9.59 Å².